The number of H-pyrrole nitrogens is 1. The third-order valence-corrected chi connectivity index (χ3v) is 5.07. The molecule has 2 aromatic carbocycles. The van der Waals surface area contributed by atoms with E-state index in [1.54, 1.807) is 0 Å². The molecule has 1 N–H and O–H groups in total. The molecular weight excluding hydrogens is 352 g/mol. The van der Waals surface area contributed by atoms with Gasteiger partial charge in [0.25, 0.3) is 5.56 Å². The van der Waals surface area contributed by atoms with E-state index in [1.807, 2.05) is 60.5 Å². The number of nitrogens with one attached hydrogen (secondary N) is 1. The third kappa shape index (κ3) is 2.62. The van der Waals surface area contributed by atoms with Crippen LogP contribution in [0.15, 0.2) is 81.3 Å². The number of aromatic amines is 1. The monoisotopic (exact) mass is 370 g/mol. The summed E-state index contributed by atoms with van der Waals surface area (Å²) in [5.41, 5.74) is 3.87. The predicted octanol–water partition coefficient (Wildman–Crippen LogP) is 4.18. The van der Waals surface area contributed by atoms with Gasteiger partial charge in [0.2, 0.25) is 5.71 Å². The number of rotatable bonds is 3. The van der Waals surface area contributed by atoms with Crippen molar-refractivity contribution in [1.82, 2.24) is 9.97 Å². The Morgan fingerprint density at radius 3 is 2.54 bits per heavy atom. The maximum absolute atomic E-state index is 12.4. The highest BCUT2D eigenvalue weighted by molar-refractivity contribution is 6.12. The van der Waals surface area contributed by atoms with Crippen molar-refractivity contribution in [3.05, 3.63) is 94.2 Å². The number of aromatic nitrogens is 2. The van der Waals surface area contributed by atoms with Crippen LogP contribution in [0.5, 0.6) is 0 Å². The van der Waals surface area contributed by atoms with E-state index in [9.17, 15) is 4.79 Å². The van der Waals surface area contributed by atoms with Crippen molar-refractivity contribution >= 4 is 22.5 Å². The van der Waals surface area contributed by atoms with Crippen LogP contribution in [-0.2, 0) is 0 Å². The van der Waals surface area contributed by atoms with Crippen LogP contribution >= 0.6 is 0 Å². The van der Waals surface area contributed by atoms with Gasteiger partial charge in [0.1, 0.15) is 11.1 Å². The number of aryl methyl sites for hydroxylation is 1. The zero-order chi connectivity index (χ0) is 19.1. The number of furan rings is 1. The second-order valence-corrected chi connectivity index (χ2v) is 6.80. The molecular formula is C22H18N4O2. The molecule has 0 bridgehead atoms. The minimum Gasteiger partial charge on any atom is -0.442 e. The van der Waals surface area contributed by atoms with Crippen LogP contribution in [0.2, 0.25) is 0 Å². The summed E-state index contributed by atoms with van der Waals surface area (Å²) in [5, 5.41) is 7.40. The molecule has 0 fully saturated rings. The number of fused-ring (bicyclic) bond motifs is 1. The molecule has 138 valence electrons. The lowest BCUT2D eigenvalue weighted by Gasteiger charge is -2.23. The Morgan fingerprint density at radius 1 is 1.07 bits per heavy atom. The molecule has 0 aliphatic carbocycles. The molecule has 3 heterocycles. The summed E-state index contributed by atoms with van der Waals surface area (Å²) in [6, 6.07) is 20.4. The molecule has 28 heavy (non-hydrogen) atoms. The number of benzene rings is 2. The van der Waals surface area contributed by atoms with Gasteiger partial charge < -0.3 is 9.40 Å². The second-order valence-electron chi connectivity index (χ2n) is 6.80. The van der Waals surface area contributed by atoms with Gasteiger partial charge in [0.15, 0.2) is 0 Å². The summed E-state index contributed by atoms with van der Waals surface area (Å²) in [6.07, 6.45) is 2.03. The fourth-order valence-electron chi connectivity index (χ4n) is 3.82. The van der Waals surface area contributed by atoms with Crippen molar-refractivity contribution < 1.29 is 4.42 Å². The summed E-state index contributed by atoms with van der Waals surface area (Å²) in [4.78, 5) is 19.2. The minimum atomic E-state index is -0.214. The Bertz CT molecular complexity index is 1230. The van der Waals surface area contributed by atoms with Crippen molar-refractivity contribution in [1.29, 1.82) is 0 Å². The lowest BCUT2D eigenvalue weighted by molar-refractivity contribution is 0.565. The van der Waals surface area contributed by atoms with Crippen molar-refractivity contribution in [3.63, 3.8) is 0 Å². The van der Waals surface area contributed by atoms with E-state index in [-0.39, 0.29) is 11.6 Å². The summed E-state index contributed by atoms with van der Waals surface area (Å²) in [5.74, 6) is 0.652. The second kappa shape index (κ2) is 6.49. The van der Waals surface area contributed by atoms with E-state index in [4.69, 9.17) is 9.52 Å². The first kappa shape index (κ1) is 16.5. The van der Waals surface area contributed by atoms with Crippen molar-refractivity contribution in [2.45, 2.75) is 19.4 Å². The molecule has 1 unspecified atom stereocenters. The van der Waals surface area contributed by atoms with E-state index in [0.29, 0.717) is 23.3 Å². The van der Waals surface area contributed by atoms with E-state index in [2.05, 4.69) is 22.1 Å². The average Bonchev–Trinajstić information content (AvgIpc) is 3.31. The third-order valence-electron chi connectivity index (χ3n) is 5.07. The highest BCUT2D eigenvalue weighted by Gasteiger charge is 2.33. The quantitative estimate of drug-likeness (QED) is 0.587. The molecule has 6 heteroatoms. The number of hydrogen-bond acceptors (Lipinski definition) is 5. The molecule has 0 saturated heterocycles. The van der Waals surface area contributed by atoms with Crippen LogP contribution in [0.3, 0.4) is 0 Å². The first-order chi connectivity index (χ1) is 13.7. The van der Waals surface area contributed by atoms with Crippen molar-refractivity contribution in [2.75, 3.05) is 5.01 Å². The fraction of sp³-hybridized carbons (Fsp3) is 0.136. The Labute approximate surface area is 161 Å². The first-order valence-electron chi connectivity index (χ1n) is 9.16. The lowest BCUT2D eigenvalue weighted by Crippen LogP contribution is -2.18. The van der Waals surface area contributed by atoms with E-state index in [0.717, 1.165) is 17.0 Å². The highest BCUT2D eigenvalue weighted by Crippen LogP contribution is 2.38. The number of nitrogens with zero attached hydrogens (tertiary/aromatic N) is 3. The Morgan fingerprint density at radius 2 is 1.79 bits per heavy atom. The number of hydrogen-bond donors (Lipinski definition) is 1. The smallest absolute Gasteiger partial charge is 0.262 e. The van der Waals surface area contributed by atoms with Crippen LogP contribution in [0, 0.1) is 6.92 Å². The highest BCUT2D eigenvalue weighted by atomic mass is 16.3. The van der Waals surface area contributed by atoms with E-state index >= 15 is 0 Å². The molecule has 0 spiro atoms. The number of para-hydroxylation sites is 1. The molecule has 2 aromatic heterocycles. The molecule has 0 radical (unpaired) electrons. The largest absolute Gasteiger partial charge is 0.442 e. The van der Waals surface area contributed by atoms with Gasteiger partial charge in [-0.1, -0.05) is 48.5 Å². The molecule has 1 aliphatic heterocycles. The maximum Gasteiger partial charge on any atom is 0.262 e. The summed E-state index contributed by atoms with van der Waals surface area (Å²) in [7, 11) is 0. The molecule has 6 nitrogen and oxygen atoms in total. The Kier molecular flexibility index (Phi) is 3.83. The van der Waals surface area contributed by atoms with Crippen LogP contribution in [-0.4, -0.2) is 15.7 Å². The molecule has 0 amide bonds. The molecule has 0 saturated carbocycles. The topological polar surface area (TPSA) is 74.5 Å². The SMILES string of the molecule is Cc1oc2nc[nH]c(=O)c2c1C1=NN(c2ccccc2)C(c2ccccc2)C1. The van der Waals surface area contributed by atoms with Crippen molar-refractivity contribution in [3.8, 4) is 0 Å². The maximum atomic E-state index is 12.4. The minimum absolute atomic E-state index is 0.0405. The van der Waals surface area contributed by atoms with Gasteiger partial charge in [-0.05, 0) is 24.6 Å². The average molecular weight is 370 g/mol. The molecule has 4 aromatic rings. The normalized spacial score (nSPS) is 16.5. The fourth-order valence-corrected chi connectivity index (χ4v) is 3.82. The number of hydrazone groups is 1. The van der Waals surface area contributed by atoms with Gasteiger partial charge in [-0.15, -0.1) is 0 Å². The molecule has 1 aliphatic rings. The molecule has 5 rings (SSSR count). The van der Waals surface area contributed by atoms with E-state index in [1.165, 1.54) is 11.9 Å². The predicted molar refractivity (Wildman–Crippen MR) is 109 cm³/mol. The van der Waals surface area contributed by atoms with Gasteiger partial charge in [0, 0.05) is 6.42 Å². The zero-order valence-corrected chi connectivity index (χ0v) is 15.3. The summed E-state index contributed by atoms with van der Waals surface area (Å²) >= 11 is 0. The van der Waals surface area contributed by atoms with Crippen LogP contribution in [0.1, 0.15) is 29.3 Å². The summed E-state index contributed by atoms with van der Waals surface area (Å²) < 4.78 is 5.74. The standard InChI is InChI=1S/C22H18N4O2/c1-14-19(20-21(27)23-13-24-22(20)28-14)17-12-18(15-8-4-2-5-9-15)26(25-17)16-10-6-3-7-11-16/h2-11,13,18H,12H2,1H3,(H,23,24,27). The van der Waals surface area contributed by atoms with Crippen LogP contribution in [0.4, 0.5) is 5.69 Å². The summed E-state index contributed by atoms with van der Waals surface area (Å²) in [6.45, 7) is 1.85. The van der Waals surface area contributed by atoms with Gasteiger partial charge in [-0.25, -0.2) is 4.98 Å². The zero-order valence-electron chi connectivity index (χ0n) is 15.3. The van der Waals surface area contributed by atoms with E-state index < -0.39 is 0 Å². The Hall–Kier alpha value is -3.67. The first-order valence-corrected chi connectivity index (χ1v) is 9.16. The van der Waals surface area contributed by atoms with Gasteiger partial charge in [-0.3, -0.25) is 9.80 Å². The molecule has 1 atom stereocenters. The Balaban J connectivity index is 1.68. The number of anilines is 1. The van der Waals surface area contributed by atoms with Crippen molar-refractivity contribution in [2.24, 2.45) is 5.10 Å². The van der Waals surface area contributed by atoms with Gasteiger partial charge >= 0.3 is 0 Å². The van der Waals surface area contributed by atoms with Crippen LogP contribution < -0.4 is 10.6 Å². The van der Waals surface area contributed by atoms with Gasteiger partial charge in [0.05, 0.1) is 29.3 Å². The van der Waals surface area contributed by atoms with Crippen LogP contribution in [0.25, 0.3) is 11.1 Å². The van der Waals surface area contributed by atoms with Gasteiger partial charge in [-0.2, -0.15) is 5.10 Å². The lowest BCUT2D eigenvalue weighted by atomic mass is 9.97.